The number of aryl methyl sites for hydroxylation is 2. The Labute approximate surface area is 116 Å². The number of aliphatic carboxylic acids is 1. The van der Waals surface area contributed by atoms with Crippen molar-refractivity contribution in [3.8, 4) is 5.75 Å². The van der Waals surface area contributed by atoms with E-state index in [2.05, 4.69) is 15.9 Å². The molecule has 0 heterocycles. The molecule has 0 bridgehead atoms. The van der Waals surface area contributed by atoms with Crippen LogP contribution in [0.2, 0.25) is 0 Å². The first-order chi connectivity index (χ1) is 8.31. The van der Waals surface area contributed by atoms with Gasteiger partial charge in [0.25, 0.3) is 0 Å². The van der Waals surface area contributed by atoms with Crippen molar-refractivity contribution in [2.45, 2.75) is 40.2 Å². The largest absolute Gasteiger partial charge is 0.479 e. The molecule has 0 fully saturated rings. The van der Waals surface area contributed by atoms with Crippen LogP contribution in [0.4, 0.5) is 0 Å². The van der Waals surface area contributed by atoms with Gasteiger partial charge in [-0.1, -0.05) is 29.8 Å². The highest BCUT2D eigenvalue weighted by Gasteiger charge is 2.21. The molecular formula is C14H19BrO3. The number of hydrogen-bond donors (Lipinski definition) is 1. The zero-order valence-corrected chi connectivity index (χ0v) is 12.7. The zero-order chi connectivity index (χ0) is 13.9. The molecule has 4 heteroatoms. The Morgan fingerprint density at radius 2 is 1.83 bits per heavy atom. The first-order valence-electron chi connectivity index (χ1n) is 5.97. The van der Waals surface area contributed by atoms with Gasteiger partial charge in [-0.25, -0.2) is 4.79 Å². The lowest BCUT2D eigenvalue weighted by Gasteiger charge is -2.18. The molecule has 0 aromatic heterocycles. The normalized spacial score (nSPS) is 12.6. The van der Waals surface area contributed by atoms with E-state index >= 15 is 0 Å². The number of hydrogen-bond acceptors (Lipinski definition) is 2. The minimum absolute atomic E-state index is 0.281. The van der Waals surface area contributed by atoms with Crippen molar-refractivity contribution in [2.24, 2.45) is 5.92 Å². The number of benzene rings is 1. The predicted octanol–water partition coefficient (Wildman–Crippen LogP) is 3.94. The van der Waals surface area contributed by atoms with Crippen LogP contribution in [0.5, 0.6) is 5.75 Å². The van der Waals surface area contributed by atoms with Crippen LogP contribution < -0.4 is 4.74 Å². The maximum atomic E-state index is 11.1. The summed E-state index contributed by atoms with van der Waals surface area (Å²) in [5, 5.41) is 9.14. The van der Waals surface area contributed by atoms with Crippen molar-refractivity contribution in [3.05, 3.63) is 27.7 Å². The molecule has 1 atom stereocenters. The summed E-state index contributed by atoms with van der Waals surface area (Å²) in [7, 11) is 0. The van der Waals surface area contributed by atoms with Crippen LogP contribution in [0.3, 0.4) is 0 Å². The van der Waals surface area contributed by atoms with E-state index in [9.17, 15) is 4.79 Å². The predicted molar refractivity (Wildman–Crippen MR) is 75.1 cm³/mol. The van der Waals surface area contributed by atoms with Gasteiger partial charge in [0.05, 0.1) is 0 Å². The van der Waals surface area contributed by atoms with E-state index in [-0.39, 0.29) is 5.92 Å². The van der Waals surface area contributed by atoms with Gasteiger partial charge in [-0.15, -0.1) is 0 Å². The van der Waals surface area contributed by atoms with Crippen molar-refractivity contribution in [1.82, 2.24) is 0 Å². The molecule has 1 unspecified atom stereocenters. The molecule has 0 spiro atoms. The lowest BCUT2D eigenvalue weighted by atomic mass is 10.1. The average molecular weight is 315 g/mol. The molecule has 0 amide bonds. The molecule has 1 aromatic rings. The minimum Gasteiger partial charge on any atom is -0.479 e. The molecule has 3 nitrogen and oxygen atoms in total. The van der Waals surface area contributed by atoms with Crippen LogP contribution in [0.15, 0.2) is 16.6 Å². The summed E-state index contributed by atoms with van der Waals surface area (Å²) in [5.41, 5.74) is 2.08. The van der Waals surface area contributed by atoms with Crippen molar-refractivity contribution in [1.29, 1.82) is 0 Å². The SMILES string of the molecule is Cc1cc(OC(CC(C)C)C(=O)O)cc(C)c1Br. The van der Waals surface area contributed by atoms with E-state index in [1.165, 1.54) is 0 Å². The third-order valence-corrected chi connectivity index (χ3v) is 3.90. The quantitative estimate of drug-likeness (QED) is 0.895. The Morgan fingerprint density at radius 1 is 1.33 bits per heavy atom. The lowest BCUT2D eigenvalue weighted by Crippen LogP contribution is -2.28. The smallest absolute Gasteiger partial charge is 0.344 e. The monoisotopic (exact) mass is 314 g/mol. The van der Waals surface area contributed by atoms with Crippen LogP contribution in [0, 0.1) is 19.8 Å². The molecular weight excluding hydrogens is 296 g/mol. The van der Waals surface area contributed by atoms with E-state index in [4.69, 9.17) is 9.84 Å². The maximum Gasteiger partial charge on any atom is 0.344 e. The highest BCUT2D eigenvalue weighted by molar-refractivity contribution is 9.10. The molecule has 0 aliphatic heterocycles. The summed E-state index contributed by atoms with van der Waals surface area (Å²) in [6, 6.07) is 3.71. The average Bonchev–Trinajstić information content (AvgIpc) is 2.24. The molecule has 18 heavy (non-hydrogen) atoms. The van der Waals surface area contributed by atoms with Crippen molar-refractivity contribution < 1.29 is 14.6 Å². The number of carbonyl (C=O) groups is 1. The van der Waals surface area contributed by atoms with E-state index in [0.29, 0.717) is 12.2 Å². The van der Waals surface area contributed by atoms with Crippen LogP contribution >= 0.6 is 15.9 Å². The van der Waals surface area contributed by atoms with Crippen LogP contribution in [-0.2, 0) is 4.79 Å². The second-order valence-electron chi connectivity index (χ2n) is 4.95. The van der Waals surface area contributed by atoms with Gasteiger partial charge in [0.2, 0.25) is 0 Å². The molecule has 0 saturated carbocycles. The molecule has 100 valence electrons. The molecule has 1 N–H and O–H groups in total. The van der Waals surface area contributed by atoms with Crippen LogP contribution in [0.25, 0.3) is 0 Å². The molecule has 1 rings (SSSR count). The number of rotatable bonds is 5. The van der Waals surface area contributed by atoms with Gasteiger partial charge >= 0.3 is 5.97 Å². The van der Waals surface area contributed by atoms with Crippen molar-refractivity contribution in [2.75, 3.05) is 0 Å². The Hall–Kier alpha value is -1.03. The highest BCUT2D eigenvalue weighted by Crippen LogP contribution is 2.27. The van der Waals surface area contributed by atoms with E-state index < -0.39 is 12.1 Å². The summed E-state index contributed by atoms with van der Waals surface area (Å²) in [5.74, 6) is -0.0214. The summed E-state index contributed by atoms with van der Waals surface area (Å²) < 4.78 is 6.62. The second kappa shape index (κ2) is 6.23. The van der Waals surface area contributed by atoms with Crippen LogP contribution in [-0.4, -0.2) is 17.2 Å². The van der Waals surface area contributed by atoms with E-state index in [1.54, 1.807) is 0 Å². The van der Waals surface area contributed by atoms with Gasteiger partial charge in [0.15, 0.2) is 6.10 Å². The first-order valence-corrected chi connectivity index (χ1v) is 6.76. The number of halogens is 1. The van der Waals surface area contributed by atoms with Gasteiger partial charge in [-0.05, 0) is 49.4 Å². The fourth-order valence-electron chi connectivity index (χ4n) is 1.77. The first kappa shape index (κ1) is 15.0. The van der Waals surface area contributed by atoms with Gasteiger partial charge in [0, 0.05) is 4.47 Å². The fraction of sp³-hybridized carbons (Fsp3) is 0.500. The topological polar surface area (TPSA) is 46.5 Å². The molecule has 0 saturated heterocycles. The number of carboxylic acids is 1. The van der Waals surface area contributed by atoms with Crippen molar-refractivity contribution >= 4 is 21.9 Å². The van der Waals surface area contributed by atoms with E-state index in [0.717, 1.165) is 15.6 Å². The number of ether oxygens (including phenoxy) is 1. The Balaban J connectivity index is 2.91. The van der Waals surface area contributed by atoms with Crippen LogP contribution in [0.1, 0.15) is 31.4 Å². The maximum absolute atomic E-state index is 11.1. The van der Waals surface area contributed by atoms with E-state index in [1.807, 2.05) is 39.8 Å². The Kier molecular flexibility index (Phi) is 5.20. The van der Waals surface area contributed by atoms with Gasteiger partial charge in [0.1, 0.15) is 5.75 Å². The summed E-state index contributed by atoms with van der Waals surface area (Å²) in [6.07, 6.45) is -0.284. The third kappa shape index (κ3) is 4.02. The van der Waals surface area contributed by atoms with Gasteiger partial charge < -0.3 is 9.84 Å². The second-order valence-corrected chi connectivity index (χ2v) is 5.74. The Bertz CT molecular complexity index is 418. The molecule has 0 aliphatic carbocycles. The third-order valence-electron chi connectivity index (χ3n) is 2.65. The Morgan fingerprint density at radius 3 is 2.22 bits per heavy atom. The number of carboxylic acid groups (broad SMARTS) is 1. The summed E-state index contributed by atoms with van der Waals surface area (Å²) in [6.45, 7) is 7.89. The zero-order valence-electron chi connectivity index (χ0n) is 11.2. The fourth-order valence-corrected chi connectivity index (χ4v) is 1.99. The summed E-state index contributed by atoms with van der Waals surface area (Å²) >= 11 is 3.48. The summed E-state index contributed by atoms with van der Waals surface area (Å²) in [4.78, 5) is 11.1. The minimum atomic E-state index is -0.915. The van der Waals surface area contributed by atoms with Gasteiger partial charge in [-0.2, -0.15) is 0 Å². The van der Waals surface area contributed by atoms with Crippen molar-refractivity contribution in [3.63, 3.8) is 0 Å². The molecule has 0 aliphatic rings. The molecule has 0 radical (unpaired) electrons. The van der Waals surface area contributed by atoms with Gasteiger partial charge in [-0.3, -0.25) is 0 Å². The highest BCUT2D eigenvalue weighted by atomic mass is 79.9. The molecule has 1 aromatic carbocycles. The standard InChI is InChI=1S/C14H19BrO3/c1-8(2)5-12(14(16)17)18-11-6-9(3)13(15)10(4)7-11/h6-8,12H,5H2,1-4H3,(H,16,17). The lowest BCUT2D eigenvalue weighted by molar-refractivity contribution is -0.145.